The Labute approximate surface area is 174 Å². The smallest absolute Gasteiger partial charge is 0.416 e. The van der Waals surface area contributed by atoms with Gasteiger partial charge in [0.25, 0.3) is 0 Å². The fraction of sp³-hybridized carbons (Fsp3) is 0.238. The van der Waals surface area contributed by atoms with E-state index in [9.17, 15) is 22.0 Å². The Balaban J connectivity index is 1.82. The third kappa shape index (κ3) is 5.69. The van der Waals surface area contributed by atoms with Gasteiger partial charge in [0, 0.05) is 17.9 Å². The monoisotopic (exact) mass is 440 g/mol. The van der Waals surface area contributed by atoms with E-state index in [-0.39, 0.29) is 28.5 Å². The highest BCUT2D eigenvalue weighted by Gasteiger charge is 2.30. The van der Waals surface area contributed by atoms with E-state index in [0.29, 0.717) is 17.3 Å². The third-order valence-electron chi connectivity index (χ3n) is 4.02. The molecule has 0 unspecified atom stereocenters. The molecule has 0 saturated carbocycles. The van der Waals surface area contributed by atoms with Crippen molar-refractivity contribution in [1.29, 1.82) is 0 Å². The molecule has 0 N–H and O–H groups in total. The van der Waals surface area contributed by atoms with Gasteiger partial charge in [-0.05, 0) is 29.7 Å². The van der Waals surface area contributed by atoms with Crippen LogP contribution in [0.25, 0.3) is 0 Å². The average Bonchev–Trinajstić information content (AvgIpc) is 2.68. The number of nitrogens with zero attached hydrogens (tertiary/aromatic N) is 2. The van der Waals surface area contributed by atoms with Gasteiger partial charge in [-0.15, -0.1) is 0 Å². The van der Waals surface area contributed by atoms with Crippen molar-refractivity contribution in [2.45, 2.75) is 36.9 Å². The molecule has 0 fully saturated rings. The van der Waals surface area contributed by atoms with Crippen molar-refractivity contribution in [2.75, 3.05) is 0 Å². The molecule has 1 aromatic heterocycles. The molecule has 0 atom stereocenters. The summed E-state index contributed by atoms with van der Waals surface area (Å²) in [5.41, 5.74) is 0.350. The summed E-state index contributed by atoms with van der Waals surface area (Å²) in [6, 6.07) is 9.46. The van der Waals surface area contributed by atoms with Gasteiger partial charge >= 0.3 is 6.18 Å². The topological polar surface area (TPSA) is 35.0 Å². The molecule has 0 bridgehead atoms. The molecule has 30 heavy (non-hydrogen) atoms. The van der Waals surface area contributed by atoms with Gasteiger partial charge in [0.1, 0.15) is 5.82 Å². The highest BCUT2D eigenvalue weighted by atomic mass is 32.2. The number of halogens is 5. The van der Waals surface area contributed by atoms with E-state index in [0.717, 1.165) is 36.0 Å². The molecule has 1 heterocycles. The predicted octanol–water partition coefficient (Wildman–Crippen LogP) is 6.98. The lowest BCUT2D eigenvalue weighted by Crippen LogP contribution is -2.05. The zero-order chi connectivity index (χ0) is 21.9. The molecular formula is C21H17F5N2OS. The van der Waals surface area contributed by atoms with Gasteiger partial charge in [0.15, 0.2) is 16.7 Å². The maximum atomic E-state index is 13.9. The second kappa shape index (κ2) is 8.99. The van der Waals surface area contributed by atoms with Crippen molar-refractivity contribution in [1.82, 2.24) is 9.97 Å². The molecule has 158 valence electrons. The summed E-state index contributed by atoms with van der Waals surface area (Å²) in [7, 11) is 0. The molecular weight excluding hydrogens is 423 g/mol. The number of hydrogen-bond donors (Lipinski definition) is 0. The fourth-order valence-electron chi connectivity index (χ4n) is 2.49. The number of hydrogen-bond acceptors (Lipinski definition) is 4. The number of alkyl halides is 3. The Kier molecular flexibility index (Phi) is 6.60. The maximum absolute atomic E-state index is 13.9. The normalized spacial score (nSPS) is 11.7. The van der Waals surface area contributed by atoms with Crippen LogP contribution < -0.4 is 4.74 Å². The summed E-state index contributed by atoms with van der Waals surface area (Å²) in [6.45, 7) is 3.79. The lowest BCUT2D eigenvalue weighted by Gasteiger charge is -2.12. The predicted molar refractivity (Wildman–Crippen MR) is 104 cm³/mol. The van der Waals surface area contributed by atoms with Crippen LogP contribution >= 0.6 is 11.8 Å². The fourth-order valence-corrected chi connectivity index (χ4v) is 3.29. The number of ether oxygens (including phenoxy) is 1. The summed E-state index contributed by atoms with van der Waals surface area (Å²) in [5, 5.41) is 0.274. The van der Waals surface area contributed by atoms with E-state index >= 15 is 0 Å². The van der Waals surface area contributed by atoms with Gasteiger partial charge in [-0.1, -0.05) is 43.8 Å². The minimum Gasteiger partial charge on any atom is -0.436 e. The van der Waals surface area contributed by atoms with Crippen molar-refractivity contribution in [2.24, 2.45) is 0 Å². The number of aromatic nitrogens is 2. The summed E-state index contributed by atoms with van der Waals surface area (Å²) in [6.07, 6.45) is -4.42. The Morgan fingerprint density at radius 1 is 1.00 bits per heavy atom. The molecule has 2 aromatic carbocycles. The molecule has 0 aliphatic heterocycles. The lowest BCUT2D eigenvalue weighted by molar-refractivity contribution is -0.137. The Bertz CT molecular complexity index is 1040. The standard InChI is InChI=1S/C21H17F5N2OS/c1-12(2)17-10-19(29-18-7-6-15(22)9-16(18)23)28-20(27-17)30-11-13-4-3-5-14(8-13)21(24,25)26/h3-10,12H,11H2,1-2H3. The zero-order valence-electron chi connectivity index (χ0n) is 16.0. The van der Waals surface area contributed by atoms with E-state index in [4.69, 9.17) is 4.74 Å². The summed E-state index contributed by atoms with van der Waals surface area (Å²) < 4.78 is 71.1. The summed E-state index contributed by atoms with van der Waals surface area (Å²) >= 11 is 1.13. The Morgan fingerprint density at radius 3 is 2.43 bits per heavy atom. The molecule has 0 amide bonds. The van der Waals surface area contributed by atoms with Crippen molar-refractivity contribution in [3.8, 4) is 11.6 Å². The number of thioether (sulfide) groups is 1. The first-order valence-electron chi connectivity index (χ1n) is 8.92. The molecule has 3 nitrogen and oxygen atoms in total. The molecule has 0 aliphatic carbocycles. The first-order valence-corrected chi connectivity index (χ1v) is 9.91. The van der Waals surface area contributed by atoms with Crippen LogP contribution in [0.15, 0.2) is 53.7 Å². The highest BCUT2D eigenvalue weighted by Crippen LogP contribution is 2.32. The lowest BCUT2D eigenvalue weighted by atomic mass is 10.1. The van der Waals surface area contributed by atoms with Crippen LogP contribution in [0, 0.1) is 11.6 Å². The van der Waals surface area contributed by atoms with Gasteiger partial charge in [-0.3, -0.25) is 0 Å². The van der Waals surface area contributed by atoms with Gasteiger partial charge in [0.05, 0.1) is 11.3 Å². The SMILES string of the molecule is CC(C)c1cc(Oc2ccc(F)cc2F)nc(SCc2cccc(C(F)(F)F)c2)n1. The molecule has 3 rings (SSSR count). The van der Waals surface area contributed by atoms with Crippen molar-refractivity contribution in [3.05, 3.63) is 77.0 Å². The van der Waals surface area contributed by atoms with Gasteiger partial charge < -0.3 is 4.74 Å². The van der Waals surface area contributed by atoms with Crippen LogP contribution in [0.2, 0.25) is 0 Å². The summed E-state index contributed by atoms with van der Waals surface area (Å²) in [4.78, 5) is 8.60. The number of benzene rings is 2. The molecule has 3 aromatic rings. The van der Waals surface area contributed by atoms with Crippen LogP contribution in [0.1, 0.15) is 36.6 Å². The quantitative estimate of drug-likeness (QED) is 0.235. The Hall–Kier alpha value is -2.68. The maximum Gasteiger partial charge on any atom is 0.416 e. The zero-order valence-corrected chi connectivity index (χ0v) is 16.8. The molecule has 0 saturated heterocycles. The van der Waals surface area contributed by atoms with Crippen molar-refractivity contribution >= 4 is 11.8 Å². The van der Waals surface area contributed by atoms with Crippen LogP contribution in [-0.2, 0) is 11.9 Å². The van der Waals surface area contributed by atoms with E-state index in [1.54, 1.807) is 12.1 Å². The second-order valence-corrected chi connectivity index (χ2v) is 7.67. The molecule has 0 radical (unpaired) electrons. The van der Waals surface area contributed by atoms with E-state index in [2.05, 4.69) is 9.97 Å². The van der Waals surface area contributed by atoms with E-state index in [1.807, 2.05) is 13.8 Å². The van der Waals surface area contributed by atoms with Crippen molar-refractivity contribution < 1.29 is 26.7 Å². The van der Waals surface area contributed by atoms with Crippen LogP contribution in [0.3, 0.4) is 0 Å². The van der Waals surface area contributed by atoms with Gasteiger partial charge in [-0.2, -0.15) is 18.2 Å². The first-order chi connectivity index (χ1) is 14.1. The van der Waals surface area contributed by atoms with Crippen molar-refractivity contribution in [3.63, 3.8) is 0 Å². The summed E-state index contributed by atoms with van der Waals surface area (Å²) in [5.74, 6) is -1.54. The Morgan fingerprint density at radius 2 is 1.77 bits per heavy atom. The second-order valence-electron chi connectivity index (χ2n) is 6.73. The molecule has 9 heteroatoms. The minimum absolute atomic E-state index is 0.00122. The van der Waals surface area contributed by atoms with E-state index < -0.39 is 23.4 Å². The highest BCUT2D eigenvalue weighted by molar-refractivity contribution is 7.98. The third-order valence-corrected chi connectivity index (χ3v) is 4.94. The largest absolute Gasteiger partial charge is 0.436 e. The molecule has 0 aliphatic rings. The van der Waals surface area contributed by atoms with Crippen LogP contribution in [0.4, 0.5) is 22.0 Å². The van der Waals surface area contributed by atoms with Crippen LogP contribution in [-0.4, -0.2) is 9.97 Å². The molecule has 0 spiro atoms. The van der Waals surface area contributed by atoms with Gasteiger partial charge in [-0.25, -0.2) is 13.8 Å². The van der Waals surface area contributed by atoms with Crippen LogP contribution in [0.5, 0.6) is 11.6 Å². The number of rotatable bonds is 6. The van der Waals surface area contributed by atoms with Gasteiger partial charge in [0.2, 0.25) is 5.88 Å². The minimum atomic E-state index is -4.42. The van der Waals surface area contributed by atoms with E-state index in [1.165, 1.54) is 6.07 Å². The first kappa shape index (κ1) is 22.0. The average molecular weight is 440 g/mol.